The maximum absolute atomic E-state index is 8.54. The zero-order valence-electron chi connectivity index (χ0n) is 11.3. The summed E-state index contributed by atoms with van der Waals surface area (Å²) in [4.78, 5) is 0. The van der Waals surface area contributed by atoms with Gasteiger partial charge < -0.3 is 16.4 Å². The molecule has 0 saturated carbocycles. The molecule has 0 amide bonds. The van der Waals surface area contributed by atoms with Crippen molar-refractivity contribution in [3.63, 3.8) is 0 Å². The molecule has 5 heteroatoms. The van der Waals surface area contributed by atoms with E-state index >= 15 is 0 Å². The van der Waals surface area contributed by atoms with Gasteiger partial charge in [-0.25, -0.2) is 0 Å². The molecule has 0 aromatic carbocycles. The van der Waals surface area contributed by atoms with E-state index in [1.54, 1.807) is 0 Å². The largest absolute Gasteiger partial charge is 0.330 e. The first kappa shape index (κ1) is 16.9. The zero-order chi connectivity index (χ0) is 13.7. The summed E-state index contributed by atoms with van der Waals surface area (Å²) >= 11 is 0. The van der Waals surface area contributed by atoms with E-state index in [1.807, 2.05) is 0 Å². The summed E-state index contributed by atoms with van der Waals surface area (Å²) in [6, 6.07) is 4.24. The van der Waals surface area contributed by atoms with Crippen LogP contribution in [0.4, 0.5) is 0 Å². The first-order valence-corrected chi connectivity index (χ1v) is 6.58. The van der Waals surface area contributed by atoms with E-state index in [0.717, 1.165) is 38.9 Å². The molecule has 0 heterocycles. The van der Waals surface area contributed by atoms with Gasteiger partial charge in [-0.05, 0) is 39.3 Å². The molecule has 0 saturated heterocycles. The SMILES string of the molecule is CC(CCN)(CCCNCCC#N)NCCC#N. The van der Waals surface area contributed by atoms with Gasteiger partial charge in [-0.2, -0.15) is 10.5 Å². The van der Waals surface area contributed by atoms with E-state index in [9.17, 15) is 0 Å². The van der Waals surface area contributed by atoms with Crippen LogP contribution in [0.2, 0.25) is 0 Å². The summed E-state index contributed by atoms with van der Waals surface area (Å²) in [7, 11) is 0. The molecule has 0 aromatic rings. The van der Waals surface area contributed by atoms with Crippen LogP contribution in [-0.2, 0) is 0 Å². The molecule has 0 bridgehead atoms. The van der Waals surface area contributed by atoms with E-state index in [2.05, 4.69) is 29.7 Å². The normalized spacial score (nSPS) is 13.6. The van der Waals surface area contributed by atoms with Crippen LogP contribution in [0.25, 0.3) is 0 Å². The highest BCUT2D eigenvalue weighted by molar-refractivity contribution is 4.85. The average molecular weight is 251 g/mol. The Kier molecular flexibility index (Phi) is 10.3. The van der Waals surface area contributed by atoms with Crippen molar-refractivity contribution in [3.8, 4) is 12.1 Å². The molecule has 0 spiro atoms. The number of nitriles is 2. The van der Waals surface area contributed by atoms with Crippen LogP contribution in [0.5, 0.6) is 0 Å². The Morgan fingerprint density at radius 3 is 2.33 bits per heavy atom. The van der Waals surface area contributed by atoms with Crippen molar-refractivity contribution >= 4 is 0 Å². The van der Waals surface area contributed by atoms with Crippen LogP contribution in [0.15, 0.2) is 0 Å². The Hall–Kier alpha value is -1.14. The monoisotopic (exact) mass is 251 g/mol. The predicted molar refractivity (Wildman–Crippen MR) is 72.6 cm³/mol. The van der Waals surface area contributed by atoms with Gasteiger partial charge in [0.1, 0.15) is 0 Å². The van der Waals surface area contributed by atoms with Gasteiger partial charge in [-0.15, -0.1) is 0 Å². The van der Waals surface area contributed by atoms with Crippen LogP contribution in [0.3, 0.4) is 0 Å². The van der Waals surface area contributed by atoms with Crippen LogP contribution in [-0.4, -0.2) is 31.7 Å². The van der Waals surface area contributed by atoms with Crippen LogP contribution in [0, 0.1) is 22.7 Å². The van der Waals surface area contributed by atoms with Gasteiger partial charge in [0.2, 0.25) is 0 Å². The predicted octanol–water partition coefficient (Wildman–Crippen LogP) is 0.881. The zero-order valence-corrected chi connectivity index (χ0v) is 11.3. The van der Waals surface area contributed by atoms with Gasteiger partial charge in [-0.3, -0.25) is 0 Å². The Labute approximate surface area is 110 Å². The summed E-state index contributed by atoms with van der Waals surface area (Å²) < 4.78 is 0. The minimum absolute atomic E-state index is 0.0164. The molecule has 18 heavy (non-hydrogen) atoms. The minimum Gasteiger partial charge on any atom is -0.330 e. The second-order valence-electron chi connectivity index (χ2n) is 4.70. The Morgan fingerprint density at radius 2 is 1.72 bits per heavy atom. The minimum atomic E-state index is 0.0164. The fraction of sp³-hybridized carbons (Fsp3) is 0.846. The van der Waals surface area contributed by atoms with Crippen LogP contribution >= 0.6 is 0 Å². The number of rotatable bonds is 11. The third kappa shape index (κ3) is 8.95. The van der Waals surface area contributed by atoms with Crippen molar-refractivity contribution in [1.29, 1.82) is 10.5 Å². The number of hydrogen-bond donors (Lipinski definition) is 3. The van der Waals surface area contributed by atoms with Gasteiger partial charge in [0.05, 0.1) is 12.1 Å². The maximum atomic E-state index is 8.54. The summed E-state index contributed by atoms with van der Waals surface area (Å²) in [5, 5.41) is 23.6. The average Bonchev–Trinajstić information content (AvgIpc) is 2.34. The molecule has 5 nitrogen and oxygen atoms in total. The lowest BCUT2D eigenvalue weighted by molar-refractivity contribution is 0.307. The van der Waals surface area contributed by atoms with E-state index in [0.29, 0.717) is 19.4 Å². The maximum Gasteiger partial charge on any atom is 0.0635 e. The number of nitrogens with one attached hydrogen (secondary N) is 2. The highest BCUT2D eigenvalue weighted by Crippen LogP contribution is 2.15. The van der Waals surface area contributed by atoms with Gasteiger partial charge >= 0.3 is 0 Å². The van der Waals surface area contributed by atoms with Crippen molar-refractivity contribution in [2.75, 3.05) is 26.2 Å². The lowest BCUT2D eigenvalue weighted by Gasteiger charge is -2.30. The summed E-state index contributed by atoms with van der Waals surface area (Å²) in [6.07, 6.45) is 4.06. The Balaban J connectivity index is 3.80. The van der Waals surface area contributed by atoms with Crippen molar-refractivity contribution in [2.45, 2.75) is 44.6 Å². The molecule has 1 unspecified atom stereocenters. The molecule has 0 rings (SSSR count). The fourth-order valence-corrected chi connectivity index (χ4v) is 1.91. The highest BCUT2D eigenvalue weighted by atomic mass is 15.0. The Morgan fingerprint density at radius 1 is 1.06 bits per heavy atom. The Bertz CT molecular complexity index is 278. The number of nitrogens with zero attached hydrogens (tertiary/aromatic N) is 2. The highest BCUT2D eigenvalue weighted by Gasteiger charge is 2.21. The second kappa shape index (κ2) is 11.0. The quantitative estimate of drug-likeness (QED) is 0.474. The van der Waals surface area contributed by atoms with Gasteiger partial charge in [0.15, 0.2) is 0 Å². The topological polar surface area (TPSA) is 97.7 Å². The molecule has 0 aromatic heterocycles. The first-order chi connectivity index (χ1) is 8.68. The van der Waals surface area contributed by atoms with Crippen molar-refractivity contribution < 1.29 is 0 Å². The molecule has 1 atom stereocenters. The fourth-order valence-electron chi connectivity index (χ4n) is 1.91. The van der Waals surface area contributed by atoms with Crippen molar-refractivity contribution in [2.24, 2.45) is 5.73 Å². The first-order valence-electron chi connectivity index (χ1n) is 6.58. The summed E-state index contributed by atoms with van der Waals surface area (Å²) in [5.41, 5.74) is 5.65. The molecular weight excluding hydrogens is 226 g/mol. The number of nitrogens with two attached hydrogens (primary N) is 1. The summed E-state index contributed by atoms with van der Waals surface area (Å²) in [6.45, 7) is 5.20. The van der Waals surface area contributed by atoms with Crippen molar-refractivity contribution in [1.82, 2.24) is 10.6 Å². The van der Waals surface area contributed by atoms with Crippen molar-refractivity contribution in [3.05, 3.63) is 0 Å². The van der Waals surface area contributed by atoms with E-state index in [4.69, 9.17) is 16.3 Å². The molecular formula is C13H25N5. The molecule has 0 aliphatic rings. The lowest BCUT2D eigenvalue weighted by Crippen LogP contribution is -2.44. The van der Waals surface area contributed by atoms with E-state index in [-0.39, 0.29) is 5.54 Å². The lowest BCUT2D eigenvalue weighted by atomic mass is 9.91. The number of hydrogen-bond acceptors (Lipinski definition) is 5. The molecule has 0 aliphatic heterocycles. The third-order valence-corrected chi connectivity index (χ3v) is 2.98. The van der Waals surface area contributed by atoms with Gasteiger partial charge in [0.25, 0.3) is 0 Å². The molecule has 0 radical (unpaired) electrons. The van der Waals surface area contributed by atoms with Gasteiger partial charge in [0, 0.05) is 31.5 Å². The van der Waals surface area contributed by atoms with Crippen LogP contribution in [0.1, 0.15) is 39.0 Å². The van der Waals surface area contributed by atoms with Gasteiger partial charge in [-0.1, -0.05) is 0 Å². The summed E-state index contributed by atoms with van der Waals surface area (Å²) in [5.74, 6) is 0. The van der Waals surface area contributed by atoms with E-state index in [1.165, 1.54) is 0 Å². The smallest absolute Gasteiger partial charge is 0.0635 e. The standard InChI is InChI=1S/C13H25N5/c1-13(6-9-16,18-12-4-8-15)5-2-10-17-11-3-7-14/h17-18H,2-6,9-12,16H2,1H3. The van der Waals surface area contributed by atoms with Crippen LogP contribution < -0.4 is 16.4 Å². The third-order valence-electron chi connectivity index (χ3n) is 2.98. The molecule has 102 valence electrons. The molecule has 4 N–H and O–H groups in total. The molecule has 0 fully saturated rings. The second-order valence-corrected chi connectivity index (χ2v) is 4.70. The van der Waals surface area contributed by atoms with E-state index < -0.39 is 0 Å². The molecule has 0 aliphatic carbocycles.